The van der Waals surface area contributed by atoms with Crippen molar-refractivity contribution >= 4 is 0 Å². The molecule has 84 valence electrons. The first-order valence-corrected chi connectivity index (χ1v) is 6.36. The number of rotatable bonds is 1. The zero-order valence-corrected chi connectivity index (χ0v) is 9.47. The van der Waals surface area contributed by atoms with Gasteiger partial charge in [0.05, 0.1) is 17.1 Å². The van der Waals surface area contributed by atoms with Crippen LogP contribution in [0.2, 0.25) is 0 Å². The summed E-state index contributed by atoms with van der Waals surface area (Å²) < 4.78 is 0. The normalized spacial score (nSPS) is 29.3. The minimum atomic E-state index is -0.640. The molecule has 0 aromatic rings. The average molecular weight is 207 g/mol. The zero-order valence-electron chi connectivity index (χ0n) is 9.47. The van der Waals surface area contributed by atoms with E-state index in [9.17, 15) is 10.4 Å². The number of nitrogens with zero attached hydrogens (tertiary/aromatic N) is 1. The van der Waals surface area contributed by atoms with Gasteiger partial charge in [0.25, 0.3) is 0 Å². The lowest BCUT2D eigenvalue weighted by atomic mass is 9.57. The molecule has 2 aliphatic carbocycles. The lowest BCUT2D eigenvalue weighted by molar-refractivity contribution is -0.124. The maximum Gasteiger partial charge on any atom is 0.0860 e. The molecule has 0 heterocycles. The van der Waals surface area contributed by atoms with Crippen molar-refractivity contribution in [3.05, 3.63) is 0 Å². The minimum Gasteiger partial charge on any atom is -0.388 e. The van der Waals surface area contributed by atoms with Crippen LogP contribution in [0, 0.1) is 16.7 Å². The van der Waals surface area contributed by atoms with Gasteiger partial charge in [-0.2, -0.15) is 5.26 Å². The molecular weight excluding hydrogens is 186 g/mol. The standard InChI is InChI=1S/C13H21NO/c14-11-12(13(15)9-6-10-13)7-4-2-1-3-5-8-12/h15H,1-10H2. The van der Waals surface area contributed by atoms with Gasteiger partial charge in [-0.25, -0.2) is 0 Å². The minimum absolute atomic E-state index is 0.411. The first-order valence-electron chi connectivity index (χ1n) is 6.36. The first kappa shape index (κ1) is 11.0. The maximum atomic E-state index is 10.5. The fraction of sp³-hybridized carbons (Fsp3) is 0.923. The zero-order chi connectivity index (χ0) is 10.8. The molecule has 2 heteroatoms. The van der Waals surface area contributed by atoms with Crippen LogP contribution in [-0.4, -0.2) is 10.7 Å². The van der Waals surface area contributed by atoms with Gasteiger partial charge in [-0.3, -0.25) is 0 Å². The molecule has 1 N–H and O–H groups in total. The Morgan fingerprint density at radius 2 is 1.33 bits per heavy atom. The molecule has 0 atom stereocenters. The van der Waals surface area contributed by atoms with Crippen molar-refractivity contribution < 1.29 is 5.11 Å². The third kappa shape index (κ3) is 1.78. The van der Waals surface area contributed by atoms with E-state index in [1.165, 1.54) is 19.3 Å². The Morgan fingerprint density at radius 1 is 0.800 bits per heavy atom. The van der Waals surface area contributed by atoms with Gasteiger partial charge in [0.1, 0.15) is 0 Å². The highest BCUT2D eigenvalue weighted by molar-refractivity contribution is 5.14. The second kappa shape index (κ2) is 4.14. The van der Waals surface area contributed by atoms with Gasteiger partial charge >= 0.3 is 0 Å². The van der Waals surface area contributed by atoms with Crippen LogP contribution < -0.4 is 0 Å². The van der Waals surface area contributed by atoms with Crippen molar-refractivity contribution in [2.75, 3.05) is 0 Å². The molecule has 0 unspecified atom stereocenters. The van der Waals surface area contributed by atoms with E-state index in [0.29, 0.717) is 0 Å². The topological polar surface area (TPSA) is 44.0 Å². The Bertz CT molecular complexity index is 254. The van der Waals surface area contributed by atoms with Crippen LogP contribution in [-0.2, 0) is 0 Å². The van der Waals surface area contributed by atoms with Gasteiger partial charge in [-0.1, -0.05) is 32.1 Å². The van der Waals surface area contributed by atoms with Gasteiger partial charge in [-0.05, 0) is 32.1 Å². The van der Waals surface area contributed by atoms with Gasteiger partial charge in [0.15, 0.2) is 0 Å². The van der Waals surface area contributed by atoms with E-state index in [0.717, 1.165) is 44.9 Å². The number of hydrogen-bond acceptors (Lipinski definition) is 2. The maximum absolute atomic E-state index is 10.5. The highest BCUT2D eigenvalue weighted by Gasteiger charge is 2.53. The molecule has 0 aromatic heterocycles. The molecule has 15 heavy (non-hydrogen) atoms. The van der Waals surface area contributed by atoms with Crippen LogP contribution in [0.4, 0.5) is 0 Å². The largest absolute Gasteiger partial charge is 0.388 e. The molecule has 0 bridgehead atoms. The lowest BCUT2D eigenvalue weighted by Crippen LogP contribution is -2.52. The summed E-state index contributed by atoms with van der Waals surface area (Å²) in [5.74, 6) is 0. The van der Waals surface area contributed by atoms with Crippen molar-refractivity contribution in [1.82, 2.24) is 0 Å². The van der Waals surface area contributed by atoms with Crippen LogP contribution in [0.3, 0.4) is 0 Å². The van der Waals surface area contributed by atoms with E-state index in [2.05, 4.69) is 6.07 Å². The predicted molar refractivity (Wildman–Crippen MR) is 59.2 cm³/mol. The summed E-state index contributed by atoms with van der Waals surface area (Å²) in [4.78, 5) is 0. The average Bonchev–Trinajstić information content (AvgIpc) is 2.15. The molecule has 0 amide bonds. The van der Waals surface area contributed by atoms with E-state index in [-0.39, 0.29) is 0 Å². The molecule has 2 saturated carbocycles. The highest BCUT2D eigenvalue weighted by Crippen LogP contribution is 2.52. The summed E-state index contributed by atoms with van der Waals surface area (Å²) in [6.07, 6.45) is 10.6. The first-order chi connectivity index (χ1) is 7.22. The fourth-order valence-electron chi connectivity index (χ4n) is 3.18. The molecule has 2 rings (SSSR count). The van der Waals surface area contributed by atoms with Crippen LogP contribution >= 0.6 is 0 Å². The summed E-state index contributed by atoms with van der Waals surface area (Å²) in [6, 6.07) is 2.48. The van der Waals surface area contributed by atoms with Crippen LogP contribution in [0.1, 0.15) is 64.2 Å². The summed E-state index contributed by atoms with van der Waals surface area (Å²) in [5.41, 5.74) is -1.05. The van der Waals surface area contributed by atoms with Gasteiger partial charge < -0.3 is 5.11 Å². The lowest BCUT2D eigenvalue weighted by Gasteiger charge is -2.49. The third-order valence-electron chi connectivity index (χ3n) is 4.49. The number of aliphatic hydroxyl groups is 1. The summed E-state index contributed by atoms with van der Waals surface area (Å²) in [6.45, 7) is 0. The van der Waals surface area contributed by atoms with E-state index in [1.807, 2.05) is 0 Å². The molecular formula is C13H21NO. The Kier molecular flexibility index (Phi) is 3.02. The molecule has 2 fully saturated rings. The number of nitriles is 1. The highest BCUT2D eigenvalue weighted by atomic mass is 16.3. The Hall–Kier alpha value is -0.550. The van der Waals surface area contributed by atoms with Crippen molar-refractivity contribution in [1.29, 1.82) is 5.26 Å². The fourth-order valence-corrected chi connectivity index (χ4v) is 3.18. The van der Waals surface area contributed by atoms with Gasteiger partial charge in [-0.15, -0.1) is 0 Å². The van der Waals surface area contributed by atoms with Gasteiger partial charge in [0, 0.05) is 0 Å². The Balaban J connectivity index is 2.14. The summed E-state index contributed by atoms with van der Waals surface area (Å²) in [5, 5.41) is 19.9. The third-order valence-corrected chi connectivity index (χ3v) is 4.49. The van der Waals surface area contributed by atoms with Gasteiger partial charge in [0.2, 0.25) is 0 Å². The van der Waals surface area contributed by atoms with E-state index in [1.54, 1.807) is 0 Å². The second-order valence-electron chi connectivity index (χ2n) is 5.35. The molecule has 2 nitrogen and oxygen atoms in total. The second-order valence-corrected chi connectivity index (χ2v) is 5.35. The van der Waals surface area contributed by atoms with Crippen LogP contribution in [0.5, 0.6) is 0 Å². The molecule has 0 spiro atoms. The smallest absolute Gasteiger partial charge is 0.0860 e. The predicted octanol–water partition coefficient (Wildman–Crippen LogP) is 3.16. The summed E-state index contributed by atoms with van der Waals surface area (Å²) >= 11 is 0. The van der Waals surface area contributed by atoms with Crippen molar-refractivity contribution in [3.63, 3.8) is 0 Å². The molecule has 0 saturated heterocycles. The number of hydrogen-bond donors (Lipinski definition) is 1. The van der Waals surface area contributed by atoms with E-state index < -0.39 is 11.0 Å². The molecule has 0 aliphatic heterocycles. The molecule has 2 aliphatic rings. The van der Waals surface area contributed by atoms with Crippen molar-refractivity contribution in [2.45, 2.75) is 69.8 Å². The Morgan fingerprint density at radius 3 is 1.73 bits per heavy atom. The van der Waals surface area contributed by atoms with Crippen LogP contribution in [0.15, 0.2) is 0 Å². The van der Waals surface area contributed by atoms with E-state index >= 15 is 0 Å². The van der Waals surface area contributed by atoms with Crippen LogP contribution in [0.25, 0.3) is 0 Å². The van der Waals surface area contributed by atoms with Crippen molar-refractivity contribution in [2.24, 2.45) is 5.41 Å². The van der Waals surface area contributed by atoms with Crippen molar-refractivity contribution in [3.8, 4) is 6.07 Å². The molecule has 0 radical (unpaired) electrons. The Labute approximate surface area is 92.3 Å². The summed E-state index contributed by atoms with van der Waals surface area (Å²) in [7, 11) is 0. The van der Waals surface area contributed by atoms with E-state index in [4.69, 9.17) is 0 Å². The monoisotopic (exact) mass is 207 g/mol. The quantitative estimate of drug-likeness (QED) is 0.717. The molecule has 0 aromatic carbocycles. The SMILES string of the molecule is N#CC1(C2(O)CCC2)CCCCCCC1.